The van der Waals surface area contributed by atoms with E-state index in [0.29, 0.717) is 11.3 Å². The molecule has 0 amide bonds. The topological polar surface area (TPSA) is 108 Å². The molecule has 7 heteroatoms. The summed E-state index contributed by atoms with van der Waals surface area (Å²) in [4.78, 5) is 4.41. The van der Waals surface area contributed by atoms with Crippen LogP contribution in [-0.4, -0.2) is 25.4 Å². The first kappa shape index (κ1) is 12.5. The first-order valence-electron chi connectivity index (χ1n) is 5.84. The molecule has 0 spiro atoms. The Labute approximate surface area is 118 Å². The number of aromatic amines is 1. The molecule has 20 heavy (non-hydrogen) atoms. The molecule has 5 N–H and O–H groups in total. The minimum atomic E-state index is -0.156. The lowest BCUT2D eigenvalue weighted by Crippen LogP contribution is -1.90. The molecule has 2 aromatic heterocycles. The maximum atomic E-state index is 9.98. The van der Waals surface area contributed by atoms with Gasteiger partial charge in [0.25, 0.3) is 0 Å². The number of benzene rings is 1. The molecule has 0 bridgehead atoms. The Morgan fingerprint density at radius 3 is 2.70 bits per heavy atom. The Morgan fingerprint density at radius 2 is 2.00 bits per heavy atom. The van der Waals surface area contributed by atoms with E-state index >= 15 is 0 Å². The fourth-order valence-corrected chi connectivity index (χ4v) is 2.58. The average Bonchev–Trinajstić information content (AvgIpc) is 3.02. The number of anilines is 1. The van der Waals surface area contributed by atoms with Crippen molar-refractivity contribution in [2.24, 2.45) is 0 Å². The molecule has 0 aliphatic carbocycles. The summed E-state index contributed by atoms with van der Waals surface area (Å²) in [6.07, 6.45) is 1.65. The van der Waals surface area contributed by atoms with Crippen molar-refractivity contribution in [1.82, 2.24) is 15.2 Å². The molecule has 3 aromatic rings. The molecule has 2 heterocycles. The van der Waals surface area contributed by atoms with E-state index in [9.17, 15) is 10.2 Å². The monoisotopic (exact) mass is 288 g/mol. The van der Waals surface area contributed by atoms with Gasteiger partial charge in [-0.3, -0.25) is 5.10 Å². The van der Waals surface area contributed by atoms with Gasteiger partial charge in [0.05, 0.1) is 28.3 Å². The number of phenolic OH excluding ortho intramolecular Hbond substituents is 2. The summed E-state index contributed by atoms with van der Waals surface area (Å²) in [7, 11) is 0. The number of nitrogen functional groups attached to an aromatic ring is 1. The maximum absolute atomic E-state index is 9.98. The van der Waals surface area contributed by atoms with Crippen LogP contribution in [-0.2, 0) is 0 Å². The number of H-pyrrole nitrogens is 1. The van der Waals surface area contributed by atoms with Crippen LogP contribution in [0.5, 0.6) is 11.5 Å². The van der Waals surface area contributed by atoms with Crippen LogP contribution in [0.1, 0.15) is 5.01 Å². The number of nitrogens with one attached hydrogen (secondary N) is 1. The smallest absolute Gasteiger partial charge is 0.142 e. The lowest BCUT2D eigenvalue weighted by Gasteiger charge is -2.07. The quantitative estimate of drug-likeness (QED) is 0.329. The predicted molar refractivity (Wildman–Crippen MR) is 77.6 cm³/mol. The summed E-state index contributed by atoms with van der Waals surface area (Å²) in [5.74, 6) is -0.231. The highest BCUT2D eigenvalue weighted by atomic mass is 32.1. The summed E-state index contributed by atoms with van der Waals surface area (Å²) in [5, 5.41) is 29.2. The number of rotatable bonds is 2. The average molecular weight is 288 g/mol. The molecule has 0 aliphatic heterocycles. The van der Waals surface area contributed by atoms with E-state index < -0.39 is 0 Å². The number of aryl methyl sites for hydroxylation is 1. The highest BCUT2D eigenvalue weighted by Gasteiger charge is 2.16. The van der Waals surface area contributed by atoms with Crippen LogP contribution < -0.4 is 5.73 Å². The molecular weight excluding hydrogens is 276 g/mol. The van der Waals surface area contributed by atoms with Crippen molar-refractivity contribution >= 4 is 17.0 Å². The zero-order valence-electron chi connectivity index (χ0n) is 10.6. The fraction of sp³-hybridized carbons (Fsp3) is 0.0769. The van der Waals surface area contributed by atoms with Crippen LogP contribution >= 0.6 is 11.3 Å². The van der Waals surface area contributed by atoms with Gasteiger partial charge in [0.1, 0.15) is 11.5 Å². The molecule has 3 rings (SSSR count). The van der Waals surface area contributed by atoms with Gasteiger partial charge < -0.3 is 15.9 Å². The SMILES string of the molecule is Cc1nc(-c2cn[nH]c2-c2cc(N)c(O)cc2O)cs1. The van der Waals surface area contributed by atoms with Crippen LogP contribution in [0.2, 0.25) is 0 Å². The van der Waals surface area contributed by atoms with Gasteiger partial charge in [-0.15, -0.1) is 11.3 Å². The zero-order chi connectivity index (χ0) is 14.3. The van der Waals surface area contributed by atoms with E-state index in [1.807, 2.05) is 12.3 Å². The van der Waals surface area contributed by atoms with E-state index in [4.69, 9.17) is 5.73 Å². The van der Waals surface area contributed by atoms with Crippen molar-refractivity contribution in [3.63, 3.8) is 0 Å². The van der Waals surface area contributed by atoms with E-state index in [1.54, 1.807) is 6.20 Å². The Bertz CT molecular complexity index is 779. The molecule has 0 saturated carbocycles. The Kier molecular flexibility index (Phi) is 2.83. The minimum Gasteiger partial charge on any atom is -0.507 e. The minimum absolute atomic E-state index is 0.0749. The largest absolute Gasteiger partial charge is 0.507 e. The summed E-state index contributed by atoms with van der Waals surface area (Å²) in [6, 6.07) is 2.71. The first-order valence-corrected chi connectivity index (χ1v) is 6.72. The maximum Gasteiger partial charge on any atom is 0.142 e. The van der Waals surface area contributed by atoms with Crippen LogP contribution in [0.4, 0.5) is 5.69 Å². The number of nitrogens with two attached hydrogens (primary N) is 1. The molecule has 0 unspecified atom stereocenters. The van der Waals surface area contributed by atoms with E-state index in [0.717, 1.165) is 16.3 Å². The second kappa shape index (κ2) is 4.53. The van der Waals surface area contributed by atoms with Gasteiger partial charge >= 0.3 is 0 Å². The van der Waals surface area contributed by atoms with Gasteiger partial charge in [-0.2, -0.15) is 5.10 Å². The third kappa shape index (κ3) is 1.97. The highest BCUT2D eigenvalue weighted by molar-refractivity contribution is 7.09. The second-order valence-corrected chi connectivity index (χ2v) is 5.40. The number of thiazole rings is 1. The van der Waals surface area contributed by atoms with Crippen LogP contribution in [0, 0.1) is 6.92 Å². The van der Waals surface area contributed by atoms with E-state index in [-0.39, 0.29) is 17.2 Å². The summed E-state index contributed by atoms with van der Waals surface area (Å²) < 4.78 is 0. The molecule has 6 nitrogen and oxygen atoms in total. The summed E-state index contributed by atoms with van der Waals surface area (Å²) >= 11 is 1.54. The molecule has 0 radical (unpaired) electrons. The Balaban J connectivity index is 2.17. The molecule has 0 atom stereocenters. The summed E-state index contributed by atoms with van der Waals surface area (Å²) in [5.41, 5.74) is 8.50. The molecule has 0 aliphatic rings. The molecule has 1 aromatic carbocycles. The summed E-state index contributed by atoms with van der Waals surface area (Å²) in [6.45, 7) is 1.92. The molecule has 0 saturated heterocycles. The van der Waals surface area contributed by atoms with Gasteiger partial charge in [-0.1, -0.05) is 0 Å². The van der Waals surface area contributed by atoms with Gasteiger partial charge in [0.15, 0.2) is 0 Å². The van der Waals surface area contributed by atoms with Crippen LogP contribution in [0.15, 0.2) is 23.7 Å². The first-order chi connectivity index (χ1) is 9.56. The number of hydrogen-bond acceptors (Lipinski definition) is 6. The van der Waals surface area contributed by atoms with Crippen molar-refractivity contribution in [2.75, 3.05) is 5.73 Å². The number of hydrogen-bond donors (Lipinski definition) is 4. The normalized spacial score (nSPS) is 10.8. The number of nitrogens with zero attached hydrogens (tertiary/aromatic N) is 2. The Morgan fingerprint density at radius 1 is 1.20 bits per heavy atom. The van der Waals surface area contributed by atoms with Crippen molar-refractivity contribution < 1.29 is 10.2 Å². The van der Waals surface area contributed by atoms with Crippen molar-refractivity contribution in [1.29, 1.82) is 0 Å². The fourth-order valence-electron chi connectivity index (χ4n) is 1.97. The highest BCUT2D eigenvalue weighted by Crippen LogP contribution is 2.39. The standard InChI is InChI=1S/C13H12N4O2S/c1-6-16-10(5-20-6)8-4-15-17-13(8)7-2-9(14)12(19)3-11(7)18/h2-5,18-19H,14H2,1H3,(H,15,17). The molecular formula is C13H12N4O2S. The van der Waals surface area contributed by atoms with Crippen molar-refractivity contribution in [2.45, 2.75) is 6.92 Å². The van der Waals surface area contributed by atoms with Gasteiger partial charge in [0, 0.05) is 22.6 Å². The van der Waals surface area contributed by atoms with Crippen molar-refractivity contribution in [3.05, 3.63) is 28.7 Å². The van der Waals surface area contributed by atoms with Gasteiger partial charge in [0.2, 0.25) is 0 Å². The number of aromatic hydroxyl groups is 2. The molecule has 102 valence electrons. The second-order valence-electron chi connectivity index (χ2n) is 4.34. The van der Waals surface area contributed by atoms with Crippen LogP contribution in [0.3, 0.4) is 0 Å². The van der Waals surface area contributed by atoms with E-state index in [2.05, 4.69) is 15.2 Å². The third-order valence-corrected chi connectivity index (χ3v) is 3.72. The third-order valence-electron chi connectivity index (χ3n) is 2.95. The van der Waals surface area contributed by atoms with Gasteiger partial charge in [-0.25, -0.2) is 4.98 Å². The van der Waals surface area contributed by atoms with Gasteiger partial charge in [-0.05, 0) is 13.0 Å². The lowest BCUT2D eigenvalue weighted by molar-refractivity contribution is 0.453. The Hall–Kier alpha value is -2.54. The number of phenols is 2. The number of aromatic nitrogens is 3. The lowest BCUT2D eigenvalue weighted by atomic mass is 10.0. The van der Waals surface area contributed by atoms with Crippen molar-refractivity contribution in [3.8, 4) is 34.0 Å². The predicted octanol–water partition coefficient (Wildman–Crippen LogP) is 2.50. The molecule has 0 fully saturated rings. The zero-order valence-corrected chi connectivity index (χ0v) is 11.4. The van der Waals surface area contributed by atoms with E-state index in [1.165, 1.54) is 23.5 Å². The van der Waals surface area contributed by atoms with Crippen LogP contribution in [0.25, 0.3) is 22.5 Å².